The molecule has 0 radical (unpaired) electrons. The topological polar surface area (TPSA) is 64.0 Å². The predicted octanol–water partition coefficient (Wildman–Crippen LogP) is 2.10. The van der Waals surface area contributed by atoms with Crippen molar-refractivity contribution in [2.45, 2.75) is 37.9 Å². The van der Waals surface area contributed by atoms with E-state index in [0.717, 1.165) is 23.5 Å². The van der Waals surface area contributed by atoms with Crippen LogP contribution in [0.4, 0.5) is 0 Å². The molecular formula is C13H19N3O2S2. The highest BCUT2D eigenvalue weighted by Gasteiger charge is 2.16. The largest absolute Gasteiger partial charge is 0.270 e. The number of rotatable bonds is 6. The summed E-state index contributed by atoms with van der Waals surface area (Å²) in [6.07, 6.45) is 0.655. The first kappa shape index (κ1) is 15.2. The zero-order chi connectivity index (χ0) is 14.8. The maximum Gasteiger partial charge on any atom is 0.250 e. The molecule has 2 rings (SSSR count). The Morgan fingerprint density at radius 2 is 2.15 bits per heavy atom. The highest BCUT2D eigenvalue weighted by atomic mass is 32.2. The van der Waals surface area contributed by atoms with Gasteiger partial charge >= 0.3 is 0 Å². The van der Waals surface area contributed by atoms with Crippen LogP contribution in [0.25, 0.3) is 0 Å². The number of hydrogen-bond donors (Lipinski definition) is 1. The molecule has 0 amide bonds. The summed E-state index contributed by atoms with van der Waals surface area (Å²) in [5, 5.41) is 6.19. The Bertz CT molecular complexity index is 673. The van der Waals surface area contributed by atoms with Crippen molar-refractivity contribution < 1.29 is 8.42 Å². The maximum absolute atomic E-state index is 12.0. The standard InChI is InChI=1S/C13H19N3O2S2/c1-4-16-11(3)12(10(2)15-16)7-8-14-20(17,18)13-6-5-9-19-13/h5-6,9,14H,4,7-8H2,1-3H3. The number of nitrogens with zero attached hydrogens (tertiary/aromatic N) is 2. The fourth-order valence-corrected chi connectivity index (χ4v) is 4.27. The molecule has 0 atom stereocenters. The molecule has 0 bridgehead atoms. The molecule has 0 unspecified atom stereocenters. The number of thiophene rings is 1. The number of nitrogens with one attached hydrogen (secondary N) is 1. The van der Waals surface area contributed by atoms with Gasteiger partial charge in [-0.2, -0.15) is 5.10 Å². The zero-order valence-electron chi connectivity index (χ0n) is 11.9. The van der Waals surface area contributed by atoms with Crippen molar-refractivity contribution in [3.8, 4) is 0 Å². The molecule has 0 aliphatic heterocycles. The average Bonchev–Trinajstić information content (AvgIpc) is 3.01. The van der Waals surface area contributed by atoms with Gasteiger partial charge in [0, 0.05) is 18.8 Å². The van der Waals surface area contributed by atoms with Crippen LogP contribution in [-0.4, -0.2) is 24.7 Å². The van der Waals surface area contributed by atoms with E-state index in [0.29, 0.717) is 17.2 Å². The second-order valence-electron chi connectivity index (χ2n) is 4.54. The highest BCUT2D eigenvalue weighted by Crippen LogP contribution is 2.16. The Balaban J connectivity index is 2.02. The lowest BCUT2D eigenvalue weighted by Gasteiger charge is -2.05. The molecular weight excluding hydrogens is 294 g/mol. The molecule has 2 aromatic heterocycles. The average molecular weight is 313 g/mol. The molecule has 1 N–H and O–H groups in total. The summed E-state index contributed by atoms with van der Waals surface area (Å²) >= 11 is 1.22. The van der Waals surface area contributed by atoms with Crippen molar-refractivity contribution in [3.63, 3.8) is 0 Å². The molecule has 0 aliphatic carbocycles. The third-order valence-corrected chi connectivity index (χ3v) is 6.12. The van der Waals surface area contributed by atoms with Gasteiger partial charge in [-0.3, -0.25) is 4.68 Å². The summed E-state index contributed by atoms with van der Waals surface area (Å²) < 4.78 is 28.9. The van der Waals surface area contributed by atoms with Crippen molar-refractivity contribution in [3.05, 3.63) is 34.5 Å². The summed E-state index contributed by atoms with van der Waals surface area (Å²) in [5.74, 6) is 0. The monoisotopic (exact) mass is 313 g/mol. The van der Waals surface area contributed by atoms with Crippen LogP contribution >= 0.6 is 11.3 Å². The smallest absolute Gasteiger partial charge is 0.250 e. The third-order valence-electron chi connectivity index (χ3n) is 3.26. The Morgan fingerprint density at radius 3 is 2.70 bits per heavy atom. The van der Waals surface area contributed by atoms with Crippen molar-refractivity contribution in [2.24, 2.45) is 0 Å². The normalized spacial score (nSPS) is 11.9. The summed E-state index contributed by atoms with van der Waals surface area (Å²) in [6, 6.07) is 3.34. The molecule has 7 heteroatoms. The SMILES string of the molecule is CCn1nc(C)c(CCNS(=O)(=O)c2cccs2)c1C. The third kappa shape index (κ3) is 3.11. The number of sulfonamides is 1. The molecule has 0 saturated heterocycles. The second-order valence-corrected chi connectivity index (χ2v) is 7.49. The van der Waals surface area contributed by atoms with Crippen LogP contribution in [0.3, 0.4) is 0 Å². The van der Waals surface area contributed by atoms with Gasteiger partial charge in [0.2, 0.25) is 10.0 Å². The van der Waals surface area contributed by atoms with E-state index in [9.17, 15) is 8.42 Å². The first-order valence-electron chi connectivity index (χ1n) is 6.51. The molecule has 0 aliphatic rings. The highest BCUT2D eigenvalue weighted by molar-refractivity contribution is 7.91. The minimum Gasteiger partial charge on any atom is -0.270 e. The summed E-state index contributed by atoms with van der Waals surface area (Å²) in [7, 11) is -3.37. The van der Waals surface area contributed by atoms with Crippen LogP contribution in [0, 0.1) is 13.8 Å². The lowest BCUT2D eigenvalue weighted by atomic mass is 10.1. The van der Waals surface area contributed by atoms with E-state index in [-0.39, 0.29) is 0 Å². The van der Waals surface area contributed by atoms with Crippen molar-refractivity contribution in [1.82, 2.24) is 14.5 Å². The van der Waals surface area contributed by atoms with E-state index in [2.05, 4.69) is 9.82 Å². The molecule has 0 spiro atoms. The fourth-order valence-electron chi connectivity index (χ4n) is 2.20. The Kier molecular flexibility index (Phi) is 4.62. The van der Waals surface area contributed by atoms with Crippen LogP contribution in [0.15, 0.2) is 21.7 Å². The van der Waals surface area contributed by atoms with Gasteiger partial charge in [0.25, 0.3) is 0 Å². The number of aromatic nitrogens is 2. The van der Waals surface area contributed by atoms with Crippen molar-refractivity contribution in [2.75, 3.05) is 6.54 Å². The predicted molar refractivity (Wildman–Crippen MR) is 80.6 cm³/mol. The van der Waals surface area contributed by atoms with E-state index in [4.69, 9.17) is 0 Å². The molecule has 0 saturated carbocycles. The lowest BCUT2D eigenvalue weighted by Crippen LogP contribution is -2.25. The van der Waals surface area contributed by atoms with Crippen LogP contribution in [-0.2, 0) is 23.0 Å². The molecule has 0 aromatic carbocycles. The minimum absolute atomic E-state index is 0.357. The maximum atomic E-state index is 12.0. The summed E-state index contributed by atoms with van der Waals surface area (Å²) in [5.41, 5.74) is 3.21. The van der Waals surface area contributed by atoms with Crippen molar-refractivity contribution in [1.29, 1.82) is 0 Å². The zero-order valence-corrected chi connectivity index (χ0v) is 13.5. The molecule has 0 fully saturated rings. The van der Waals surface area contributed by atoms with Gasteiger partial charge in [-0.25, -0.2) is 13.1 Å². The van der Waals surface area contributed by atoms with Gasteiger partial charge in [0.1, 0.15) is 4.21 Å². The van der Waals surface area contributed by atoms with Crippen molar-refractivity contribution >= 4 is 21.4 Å². The van der Waals surface area contributed by atoms with E-state index in [1.54, 1.807) is 17.5 Å². The van der Waals surface area contributed by atoms with E-state index >= 15 is 0 Å². The second kappa shape index (κ2) is 6.07. The number of aryl methyl sites for hydroxylation is 2. The van der Waals surface area contributed by atoms with Crippen LogP contribution in [0.2, 0.25) is 0 Å². The quantitative estimate of drug-likeness (QED) is 0.888. The fraction of sp³-hybridized carbons (Fsp3) is 0.462. The van der Waals surface area contributed by atoms with Gasteiger partial charge in [-0.1, -0.05) is 6.07 Å². The van der Waals surface area contributed by atoms with Gasteiger partial charge < -0.3 is 0 Å². The molecule has 110 valence electrons. The van der Waals surface area contributed by atoms with E-state index < -0.39 is 10.0 Å². The number of hydrogen-bond acceptors (Lipinski definition) is 4. The Hall–Kier alpha value is -1.18. The summed E-state index contributed by atoms with van der Waals surface area (Å²) in [6.45, 7) is 7.24. The Morgan fingerprint density at radius 1 is 1.40 bits per heavy atom. The summed E-state index contributed by atoms with van der Waals surface area (Å²) in [4.78, 5) is 0. The van der Waals surface area contributed by atoms with Gasteiger partial charge in [0.05, 0.1) is 5.69 Å². The first-order chi connectivity index (χ1) is 9.45. The molecule has 2 aromatic rings. The van der Waals surface area contributed by atoms with Gasteiger partial charge in [0.15, 0.2) is 0 Å². The van der Waals surface area contributed by atoms with Crippen LogP contribution < -0.4 is 4.72 Å². The molecule has 20 heavy (non-hydrogen) atoms. The molecule has 2 heterocycles. The van der Waals surface area contributed by atoms with Crippen LogP contribution in [0.1, 0.15) is 23.9 Å². The lowest BCUT2D eigenvalue weighted by molar-refractivity contribution is 0.583. The minimum atomic E-state index is -3.37. The Labute approximate surface area is 123 Å². The molecule has 5 nitrogen and oxygen atoms in total. The first-order valence-corrected chi connectivity index (χ1v) is 8.88. The van der Waals surface area contributed by atoms with E-state index in [1.807, 2.05) is 25.5 Å². The van der Waals surface area contributed by atoms with Crippen LogP contribution in [0.5, 0.6) is 0 Å². The van der Waals surface area contributed by atoms with Gasteiger partial charge in [-0.15, -0.1) is 11.3 Å². The van der Waals surface area contributed by atoms with Gasteiger partial charge in [-0.05, 0) is 44.2 Å². The van der Waals surface area contributed by atoms with E-state index in [1.165, 1.54) is 11.3 Å².